The number of aliphatic hydroxyl groups excluding tert-OH is 1. The summed E-state index contributed by atoms with van der Waals surface area (Å²) in [7, 11) is -3.99. The van der Waals surface area contributed by atoms with E-state index in [0.29, 0.717) is 18.1 Å². The summed E-state index contributed by atoms with van der Waals surface area (Å²) >= 11 is 0. The quantitative estimate of drug-likeness (QED) is 0.279. The summed E-state index contributed by atoms with van der Waals surface area (Å²) in [5.74, 6) is 0.432. The van der Waals surface area contributed by atoms with Gasteiger partial charge in [0.15, 0.2) is 0 Å². The largest absolute Gasteiger partial charge is 0.393 e. The molecule has 46 heavy (non-hydrogen) atoms. The van der Waals surface area contributed by atoms with Crippen molar-refractivity contribution in [3.8, 4) is 0 Å². The summed E-state index contributed by atoms with van der Waals surface area (Å²) in [5.41, 5.74) is 0.627. The van der Waals surface area contributed by atoms with Gasteiger partial charge in [-0.05, 0) is 121 Å². The number of ketones is 1. The third-order valence-corrected chi connectivity index (χ3v) is 15.5. The van der Waals surface area contributed by atoms with Gasteiger partial charge in [0.25, 0.3) is 10.0 Å². The Balaban J connectivity index is 1.34. The number of benzene rings is 1. The molecule has 0 radical (unpaired) electrons. The number of nitrogens with one attached hydrogen (secondary N) is 1. The molecule has 4 saturated carbocycles. The zero-order chi connectivity index (χ0) is 34.0. The summed E-state index contributed by atoms with van der Waals surface area (Å²) < 4.78 is 28.7. The number of Topliss-reactive ketones (excluding diaryl/α,β-unsaturated/α-hetero) is 1. The van der Waals surface area contributed by atoms with Crippen LogP contribution in [-0.2, 0) is 25.0 Å². The van der Waals surface area contributed by atoms with E-state index in [0.717, 1.165) is 56.9 Å². The zero-order valence-electron chi connectivity index (χ0n) is 29.6. The minimum absolute atomic E-state index is 0.00929. The van der Waals surface area contributed by atoms with Gasteiger partial charge in [0.1, 0.15) is 5.78 Å². The lowest BCUT2D eigenvalue weighted by Crippen LogP contribution is -2.61. The molecular formula is C39H59NO5S. The fourth-order valence-electron chi connectivity index (χ4n) is 11.4. The number of allylic oxidation sites excluding steroid dienone is 1. The molecule has 6 nitrogen and oxygen atoms in total. The maximum Gasteiger partial charge on any atom is 0.264 e. The molecule has 0 aromatic heterocycles. The molecule has 4 aliphatic rings. The van der Waals surface area contributed by atoms with E-state index in [-0.39, 0.29) is 62.2 Å². The molecule has 1 aromatic carbocycles. The van der Waals surface area contributed by atoms with Gasteiger partial charge in [0, 0.05) is 17.8 Å². The van der Waals surface area contributed by atoms with Crippen LogP contribution >= 0.6 is 0 Å². The van der Waals surface area contributed by atoms with Crippen molar-refractivity contribution >= 4 is 21.7 Å². The van der Waals surface area contributed by atoms with E-state index >= 15 is 0 Å². The Morgan fingerprint density at radius 1 is 1.04 bits per heavy atom. The summed E-state index contributed by atoms with van der Waals surface area (Å²) in [5, 5.41) is 10.6. The standard InChI is InChI=1S/C39H59NO5S/c1-10-29-32-23-27(41)16-19-37(32,8)30-17-20-38(9)31(33(30)34(29)42)18-21-39(38,11-2)25(4)22-24(3)35(43)40-46(44,45)28-14-12-26(13-15-28)36(5,6)7/h11-15,24-25,27,29-33,41H,2,10,16-23H2,1,3-9H3,(H,40,43)/t24-,25+,27+,29+,30-,31-,32-,33+,37+,38-,39+/m0/s1. The second-order valence-corrected chi connectivity index (χ2v) is 18.9. The molecule has 1 amide bonds. The van der Waals surface area contributed by atoms with Gasteiger partial charge in [-0.25, -0.2) is 13.1 Å². The first kappa shape index (κ1) is 35.3. The third-order valence-electron chi connectivity index (χ3n) is 14.1. The molecule has 0 spiro atoms. The average molecular weight is 654 g/mol. The molecule has 256 valence electrons. The summed E-state index contributed by atoms with van der Waals surface area (Å²) in [6.07, 6.45) is 9.69. The Morgan fingerprint density at radius 3 is 2.26 bits per heavy atom. The van der Waals surface area contributed by atoms with Crippen LogP contribution in [0.2, 0.25) is 0 Å². The van der Waals surface area contributed by atoms with Gasteiger partial charge < -0.3 is 5.11 Å². The highest BCUT2D eigenvalue weighted by molar-refractivity contribution is 7.90. The second-order valence-electron chi connectivity index (χ2n) is 17.2. The van der Waals surface area contributed by atoms with Crippen LogP contribution in [0.15, 0.2) is 41.8 Å². The topological polar surface area (TPSA) is 101 Å². The lowest BCUT2D eigenvalue weighted by Gasteiger charge is -2.63. The van der Waals surface area contributed by atoms with Gasteiger partial charge in [-0.15, -0.1) is 6.58 Å². The van der Waals surface area contributed by atoms with Gasteiger partial charge in [0.05, 0.1) is 11.0 Å². The second kappa shape index (κ2) is 12.2. The van der Waals surface area contributed by atoms with Crippen LogP contribution < -0.4 is 4.72 Å². The van der Waals surface area contributed by atoms with Crippen LogP contribution in [0.1, 0.15) is 119 Å². The van der Waals surface area contributed by atoms with Crippen molar-refractivity contribution in [3.63, 3.8) is 0 Å². The molecule has 0 heterocycles. The van der Waals surface area contributed by atoms with Crippen LogP contribution in [0.25, 0.3) is 0 Å². The molecular weight excluding hydrogens is 594 g/mol. The number of aliphatic hydroxyl groups is 1. The molecule has 1 aromatic rings. The number of carbonyl (C=O) groups is 2. The minimum Gasteiger partial charge on any atom is -0.393 e. The van der Waals surface area contributed by atoms with E-state index < -0.39 is 21.8 Å². The number of carbonyl (C=O) groups excluding carboxylic acids is 2. The first-order valence-corrected chi connectivity index (χ1v) is 19.4. The Kier molecular flexibility index (Phi) is 9.34. The Bertz CT molecular complexity index is 1450. The molecule has 0 unspecified atom stereocenters. The Labute approximate surface area is 278 Å². The first-order valence-electron chi connectivity index (χ1n) is 17.9. The highest BCUT2D eigenvalue weighted by atomic mass is 32.2. The van der Waals surface area contributed by atoms with E-state index in [2.05, 4.69) is 65.8 Å². The predicted octanol–water partition coefficient (Wildman–Crippen LogP) is 7.84. The molecule has 4 fully saturated rings. The number of fused-ring (bicyclic) bond motifs is 5. The van der Waals surface area contributed by atoms with Crippen LogP contribution in [0, 0.1) is 57.7 Å². The van der Waals surface area contributed by atoms with E-state index in [1.165, 1.54) is 0 Å². The highest BCUT2D eigenvalue weighted by Crippen LogP contribution is 2.72. The van der Waals surface area contributed by atoms with E-state index in [9.17, 15) is 23.1 Å². The molecule has 0 aliphatic heterocycles. The number of hydrogen-bond donors (Lipinski definition) is 2. The average Bonchev–Trinajstić information content (AvgIpc) is 3.30. The highest BCUT2D eigenvalue weighted by Gasteiger charge is 2.68. The molecule has 0 saturated heterocycles. The van der Waals surface area contributed by atoms with Gasteiger partial charge in [-0.1, -0.05) is 73.6 Å². The van der Waals surface area contributed by atoms with Gasteiger partial charge in [-0.3, -0.25) is 9.59 Å². The Morgan fingerprint density at radius 2 is 1.67 bits per heavy atom. The monoisotopic (exact) mass is 653 g/mol. The maximum atomic E-state index is 14.4. The van der Waals surface area contributed by atoms with Crippen LogP contribution in [0.3, 0.4) is 0 Å². The fourth-order valence-corrected chi connectivity index (χ4v) is 12.4. The van der Waals surface area contributed by atoms with Crippen molar-refractivity contribution in [2.45, 2.75) is 130 Å². The molecule has 2 N–H and O–H groups in total. The van der Waals surface area contributed by atoms with Crippen LogP contribution in [0.5, 0.6) is 0 Å². The molecule has 5 rings (SSSR count). The SMILES string of the molecule is C=C[C@]1([C@H](C)C[C@H](C)C(=O)NS(=O)(=O)c2ccc(C(C)(C)C)cc2)CC[C@H]2[C@@H]3C(=O)[C@H](CC)[C@@H]4C[C@H](O)CC[C@]4(C)[C@H]3CC[C@@]21C. The van der Waals surface area contributed by atoms with E-state index in [1.807, 2.05) is 19.1 Å². The minimum atomic E-state index is -3.99. The number of sulfonamides is 1. The van der Waals surface area contributed by atoms with Gasteiger partial charge >= 0.3 is 0 Å². The third kappa shape index (κ3) is 5.53. The summed E-state index contributed by atoms with van der Waals surface area (Å²) in [4.78, 5) is 27.9. The smallest absolute Gasteiger partial charge is 0.264 e. The summed E-state index contributed by atoms with van der Waals surface area (Å²) in [6.45, 7) is 21.6. The number of amides is 1. The number of rotatable bonds is 8. The van der Waals surface area contributed by atoms with Crippen LogP contribution in [0.4, 0.5) is 0 Å². The zero-order valence-corrected chi connectivity index (χ0v) is 30.4. The van der Waals surface area contributed by atoms with Crippen molar-refractivity contribution in [2.24, 2.45) is 57.7 Å². The maximum absolute atomic E-state index is 14.4. The van der Waals surface area contributed by atoms with Crippen molar-refractivity contribution in [2.75, 3.05) is 0 Å². The van der Waals surface area contributed by atoms with Crippen LogP contribution in [-0.4, -0.2) is 31.3 Å². The number of hydrogen-bond acceptors (Lipinski definition) is 5. The fraction of sp³-hybridized carbons (Fsp3) is 0.744. The lowest BCUT2D eigenvalue weighted by atomic mass is 9.40. The van der Waals surface area contributed by atoms with Crippen molar-refractivity contribution in [1.29, 1.82) is 0 Å². The van der Waals surface area contributed by atoms with Crippen molar-refractivity contribution in [3.05, 3.63) is 42.5 Å². The van der Waals surface area contributed by atoms with Crippen molar-refractivity contribution < 1.29 is 23.1 Å². The Hall–Kier alpha value is -1.99. The summed E-state index contributed by atoms with van der Waals surface area (Å²) in [6, 6.07) is 6.75. The lowest BCUT2D eigenvalue weighted by molar-refractivity contribution is -0.176. The first-order chi connectivity index (χ1) is 21.4. The predicted molar refractivity (Wildman–Crippen MR) is 183 cm³/mol. The van der Waals surface area contributed by atoms with E-state index in [1.54, 1.807) is 12.1 Å². The van der Waals surface area contributed by atoms with Gasteiger partial charge in [0.2, 0.25) is 5.91 Å². The molecule has 7 heteroatoms. The van der Waals surface area contributed by atoms with Gasteiger partial charge in [-0.2, -0.15) is 0 Å². The molecule has 11 atom stereocenters. The molecule has 0 bridgehead atoms. The molecule has 4 aliphatic carbocycles. The van der Waals surface area contributed by atoms with Crippen molar-refractivity contribution in [1.82, 2.24) is 4.72 Å². The van der Waals surface area contributed by atoms with E-state index in [4.69, 9.17) is 0 Å². The normalized spacial score (nSPS) is 39.0.